The van der Waals surface area contributed by atoms with Crippen molar-refractivity contribution < 1.29 is 22.8 Å². The Morgan fingerprint density at radius 3 is 2.39 bits per heavy atom. The number of aryl methyl sites for hydroxylation is 3. The molecule has 2 N–H and O–H groups in total. The third-order valence-corrected chi connectivity index (χ3v) is 8.18. The molecular weight excluding hydrogens is 533 g/mol. The minimum Gasteiger partial charge on any atom is -0.353 e. The van der Waals surface area contributed by atoms with Crippen LogP contribution >= 0.6 is 0 Å². The van der Waals surface area contributed by atoms with Crippen LogP contribution in [-0.2, 0) is 17.5 Å². The van der Waals surface area contributed by atoms with Crippen LogP contribution in [0.15, 0.2) is 36.4 Å². The summed E-state index contributed by atoms with van der Waals surface area (Å²) in [6.45, 7) is 4.36. The summed E-state index contributed by atoms with van der Waals surface area (Å²) >= 11 is 0. The summed E-state index contributed by atoms with van der Waals surface area (Å²) in [5.74, 6) is -0.646. The molecule has 11 heteroatoms. The van der Waals surface area contributed by atoms with Gasteiger partial charge in [0.2, 0.25) is 5.91 Å². The molecule has 0 radical (unpaired) electrons. The van der Waals surface area contributed by atoms with Crippen LogP contribution in [-0.4, -0.2) is 43.5 Å². The maximum Gasteiger partial charge on any atom is 0.417 e. The fourth-order valence-electron chi connectivity index (χ4n) is 5.81. The predicted molar refractivity (Wildman–Crippen MR) is 148 cm³/mol. The first-order chi connectivity index (χ1) is 19.6. The molecule has 1 atom stereocenters. The molecule has 41 heavy (non-hydrogen) atoms. The number of alkyl halides is 3. The van der Waals surface area contributed by atoms with E-state index >= 15 is 0 Å². The van der Waals surface area contributed by atoms with E-state index in [-0.39, 0.29) is 41.4 Å². The van der Waals surface area contributed by atoms with Crippen molar-refractivity contribution in [3.05, 3.63) is 59.0 Å². The summed E-state index contributed by atoms with van der Waals surface area (Å²) in [6.07, 6.45) is 2.48. The second kappa shape index (κ2) is 12.1. The number of amides is 2. The van der Waals surface area contributed by atoms with Crippen LogP contribution in [0, 0.1) is 13.8 Å². The van der Waals surface area contributed by atoms with Gasteiger partial charge in [0, 0.05) is 36.3 Å². The maximum atomic E-state index is 13.9. The number of carbonyl (C=O) groups is 2. The molecule has 1 aromatic carbocycles. The lowest BCUT2D eigenvalue weighted by Gasteiger charge is -2.27. The third kappa shape index (κ3) is 6.82. The summed E-state index contributed by atoms with van der Waals surface area (Å²) in [5, 5.41) is 15.0. The van der Waals surface area contributed by atoms with Gasteiger partial charge in [0.05, 0.1) is 23.0 Å². The third-order valence-electron chi connectivity index (χ3n) is 8.18. The van der Waals surface area contributed by atoms with Crippen molar-refractivity contribution in [1.82, 2.24) is 30.2 Å². The molecule has 0 bridgehead atoms. The Hall–Kier alpha value is -3.63. The van der Waals surface area contributed by atoms with Crippen LogP contribution in [0.2, 0.25) is 0 Å². The average molecular weight is 571 g/mol. The van der Waals surface area contributed by atoms with Gasteiger partial charge in [0.25, 0.3) is 5.91 Å². The molecule has 5 rings (SSSR count). The van der Waals surface area contributed by atoms with Crippen molar-refractivity contribution in [2.45, 2.75) is 102 Å². The van der Waals surface area contributed by atoms with E-state index in [1.165, 1.54) is 18.2 Å². The lowest BCUT2D eigenvalue weighted by atomic mass is 9.93. The van der Waals surface area contributed by atoms with Crippen molar-refractivity contribution in [2.75, 3.05) is 0 Å². The Labute approximate surface area is 237 Å². The van der Waals surface area contributed by atoms with Crippen molar-refractivity contribution in [3.63, 3.8) is 0 Å². The number of nitrogens with one attached hydrogen (secondary N) is 2. The van der Waals surface area contributed by atoms with E-state index in [1.54, 1.807) is 10.7 Å². The van der Waals surface area contributed by atoms with E-state index in [0.717, 1.165) is 62.4 Å². The van der Waals surface area contributed by atoms with Crippen LogP contribution < -0.4 is 10.6 Å². The number of rotatable bonds is 10. The molecule has 2 saturated carbocycles. The molecule has 2 aliphatic carbocycles. The standard InChI is InChI=1S/C30H37F3N6O2/c1-19-16-20(2)38(36-19)15-14-22(17-28(40)34-21-8-7-9-21)35-29(41)26-18-27(39(37-26)23-10-3-4-11-23)24-12-5-6-13-25(24)30(31,32)33/h5-6,12-13,16,18,21-23H,3-4,7-11,14-15,17H2,1-2H3,(H,34,40)(H,35,41). The van der Waals surface area contributed by atoms with Crippen LogP contribution in [0.4, 0.5) is 13.2 Å². The Balaban J connectivity index is 1.40. The van der Waals surface area contributed by atoms with Gasteiger partial charge in [-0.3, -0.25) is 19.0 Å². The van der Waals surface area contributed by atoms with Gasteiger partial charge in [-0.1, -0.05) is 31.0 Å². The minimum atomic E-state index is -4.55. The molecule has 0 aliphatic heterocycles. The predicted octanol–water partition coefficient (Wildman–Crippen LogP) is 5.74. The summed E-state index contributed by atoms with van der Waals surface area (Å²) in [7, 11) is 0. The molecule has 220 valence electrons. The van der Waals surface area contributed by atoms with Crippen LogP contribution in [0.25, 0.3) is 11.3 Å². The molecular formula is C30H37F3N6O2. The highest BCUT2D eigenvalue weighted by Crippen LogP contribution is 2.40. The second-order valence-electron chi connectivity index (χ2n) is 11.3. The van der Waals surface area contributed by atoms with Gasteiger partial charge in [0.1, 0.15) is 0 Å². The molecule has 3 aromatic rings. The molecule has 0 saturated heterocycles. The van der Waals surface area contributed by atoms with Gasteiger partial charge in [0.15, 0.2) is 5.69 Å². The number of hydrogen-bond acceptors (Lipinski definition) is 4. The Bertz CT molecular complexity index is 1390. The zero-order chi connectivity index (χ0) is 29.1. The van der Waals surface area contributed by atoms with Gasteiger partial charge in [-0.25, -0.2) is 0 Å². The molecule has 2 fully saturated rings. The molecule has 2 heterocycles. The summed E-state index contributed by atoms with van der Waals surface area (Å²) in [4.78, 5) is 26.3. The molecule has 2 aromatic heterocycles. The van der Waals surface area contributed by atoms with Gasteiger partial charge in [-0.2, -0.15) is 23.4 Å². The fourth-order valence-corrected chi connectivity index (χ4v) is 5.81. The molecule has 0 spiro atoms. The van der Waals surface area contributed by atoms with Crippen LogP contribution in [0.1, 0.15) is 91.3 Å². The summed E-state index contributed by atoms with van der Waals surface area (Å²) in [5.41, 5.74) is 1.42. The van der Waals surface area contributed by atoms with Crippen molar-refractivity contribution >= 4 is 11.8 Å². The highest BCUT2D eigenvalue weighted by molar-refractivity contribution is 5.94. The maximum absolute atomic E-state index is 13.9. The van der Waals surface area contributed by atoms with Crippen molar-refractivity contribution in [2.24, 2.45) is 0 Å². The van der Waals surface area contributed by atoms with E-state index in [1.807, 2.05) is 24.6 Å². The van der Waals surface area contributed by atoms with Crippen LogP contribution in [0.3, 0.4) is 0 Å². The summed E-state index contributed by atoms with van der Waals surface area (Å²) < 4.78 is 45.2. The zero-order valence-electron chi connectivity index (χ0n) is 23.5. The average Bonchev–Trinajstić information content (AvgIpc) is 3.64. The number of nitrogens with zero attached hydrogens (tertiary/aromatic N) is 4. The fraction of sp³-hybridized carbons (Fsp3) is 0.533. The second-order valence-corrected chi connectivity index (χ2v) is 11.3. The van der Waals surface area contributed by atoms with Gasteiger partial charge >= 0.3 is 6.18 Å². The topological polar surface area (TPSA) is 93.8 Å². The quantitative estimate of drug-likeness (QED) is 0.325. The number of carbonyl (C=O) groups excluding carboxylic acids is 2. The SMILES string of the molecule is Cc1cc(C)n(CCC(CC(=O)NC2CCC2)NC(=O)c2cc(-c3ccccc3C(F)(F)F)n(C3CCCC3)n2)n1. The lowest BCUT2D eigenvalue weighted by Crippen LogP contribution is -2.44. The first kappa shape index (κ1) is 28.9. The van der Waals surface area contributed by atoms with Gasteiger partial charge in [-0.15, -0.1) is 0 Å². The number of benzene rings is 1. The number of hydrogen-bond donors (Lipinski definition) is 2. The largest absolute Gasteiger partial charge is 0.417 e. The van der Waals surface area contributed by atoms with E-state index < -0.39 is 23.7 Å². The van der Waals surface area contributed by atoms with E-state index in [4.69, 9.17) is 0 Å². The summed E-state index contributed by atoms with van der Waals surface area (Å²) in [6, 6.07) is 8.40. The molecule has 2 aliphatic rings. The Morgan fingerprint density at radius 1 is 1.02 bits per heavy atom. The van der Waals surface area contributed by atoms with Gasteiger partial charge < -0.3 is 10.6 Å². The van der Waals surface area contributed by atoms with Crippen molar-refractivity contribution in [3.8, 4) is 11.3 Å². The number of aromatic nitrogens is 4. The first-order valence-corrected chi connectivity index (χ1v) is 14.5. The van der Waals surface area contributed by atoms with E-state index in [2.05, 4.69) is 20.8 Å². The molecule has 2 amide bonds. The highest BCUT2D eigenvalue weighted by atomic mass is 19.4. The first-order valence-electron chi connectivity index (χ1n) is 14.5. The molecule has 1 unspecified atom stereocenters. The van der Waals surface area contributed by atoms with Crippen LogP contribution in [0.5, 0.6) is 0 Å². The Morgan fingerprint density at radius 2 is 1.76 bits per heavy atom. The molecule has 8 nitrogen and oxygen atoms in total. The highest BCUT2D eigenvalue weighted by Gasteiger charge is 2.35. The Kier molecular flexibility index (Phi) is 8.51. The monoisotopic (exact) mass is 570 g/mol. The minimum absolute atomic E-state index is 0.000552. The van der Waals surface area contributed by atoms with E-state index in [0.29, 0.717) is 13.0 Å². The normalized spacial score (nSPS) is 16.9. The van der Waals surface area contributed by atoms with Gasteiger partial charge in [-0.05, 0) is 70.6 Å². The van der Waals surface area contributed by atoms with Crippen molar-refractivity contribution in [1.29, 1.82) is 0 Å². The lowest BCUT2D eigenvalue weighted by molar-refractivity contribution is -0.137. The van der Waals surface area contributed by atoms with E-state index in [9.17, 15) is 22.8 Å². The smallest absolute Gasteiger partial charge is 0.353 e. The zero-order valence-corrected chi connectivity index (χ0v) is 23.5. The number of halogens is 3.